The maximum atomic E-state index is 12.6. The highest BCUT2D eigenvalue weighted by Crippen LogP contribution is 2.23. The van der Waals surface area contributed by atoms with E-state index < -0.39 is 0 Å². The van der Waals surface area contributed by atoms with Gasteiger partial charge in [-0.25, -0.2) is 0 Å². The maximum Gasteiger partial charge on any atom is 0.252 e. The Morgan fingerprint density at radius 2 is 2.04 bits per heavy atom. The molecule has 1 atom stereocenters. The van der Waals surface area contributed by atoms with E-state index in [-0.39, 0.29) is 11.9 Å². The van der Waals surface area contributed by atoms with Crippen molar-refractivity contribution in [1.29, 1.82) is 0 Å². The fraction of sp³-hybridized carbons (Fsp3) is 0.389. The summed E-state index contributed by atoms with van der Waals surface area (Å²) >= 11 is 1.58. The van der Waals surface area contributed by atoms with Gasteiger partial charge >= 0.3 is 0 Å². The number of carbonyl (C=O) groups excluding carboxylic acids is 1. The molecule has 24 heavy (non-hydrogen) atoms. The second kappa shape index (κ2) is 8.37. The number of hydrogen-bond acceptors (Lipinski definition) is 5. The lowest BCUT2D eigenvalue weighted by molar-refractivity contribution is 0.0118. The Bertz CT molecular complexity index is 654. The van der Waals surface area contributed by atoms with Gasteiger partial charge in [-0.3, -0.25) is 9.69 Å². The molecule has 0 spiro atoms. The van der Waals surface area contributed by atoms with Gasteiger partial charge < -0.3 is 14.5 Å². The molecule has 1 fully saturated rings. The summed E-state index contributed by atoms with van der Waals surface area (Å²) in [6, 6.07) is 11.5. The van der Waals surface area contributed by atoms with E-state index in [0.29, 0.717) is 25.3 Å². The second-order valence-electron chi connectivity index (χ2n) is 5.59. The van der Waals surface area contributed by atoms with Crippen molar-refractivity contribution in [3.8, 4) is 0 Å². The number of nitrogens with zero attached hydrogens (tertiary/aromatic N) is 1. The van der Waals surface area contributed by atoms with E-state index in [1.807, 2.05) is 42.7 Å². The van der Waals surface area contributed by atoms with Gasteiger partial charge in [-0.05, 0) is 30.5 Å². The minimum atomic E-state index is -0.0511. The molecule has 0 aliphatic carbocycles. The number of thioether (sulfide) groups is 1. The first-order valence-electron chi connectivity index (χ1n) is 8.06. The third kappa shape index (κ3) is 4.01. The Morgan fingerprint density at radius 3 is 2.75 bits per heavy atom. The van der Waals surface area contributed by atoms with Gasteiger partial charge in [0.15, 0.2) is 0 Å². The Labute approximate surface area is 146 Å². The molecule has 6 heteroatoms. The minimum Gasteiger partial charge on any atom is -0.468 e. The highest BCUT2D eigenvalue weighted by molar-refractivity contribution is 7.98. The smallest absolute Gasteiger partial charge is 0.252 e. The van der Waals surface area contributed by atoms with E-state index in [0.717, 1.165) is 23.7 Å². The molecule has 5 nitrogen and oxygen atoms in total. The van der Waals surface area contributed by atoms with Crippen LogP contribution in [0.5, 0.6) is 0 Å². The van der Waals surface area contributed by atoms with Crippen LogP contribution in [0.15, 0.2) is 52.0 Å². The zero-order valence-electron chi connectivity index (χ0n) is 13.7. The van der Waals surface area contributed by atoms with Crippen molar-refractivity contribution in [1.82, 2.24) is 10.2 Å². The number of ether oxygens (including phenoxy) is 1. The van der Waals surface area contributed by atoms with Crippen LogP contribution >= 0.6 is 11.8 Å². The van der Waals surface area contributed by atoms with Gasteiger partial charge in [0.25, 0.3) is 5.91 Å². The van der Waals surface area contributed by atoms with Gasteiger partial charge in [0, 0.05) is 24.5 Å². The molecule has 1 aliphatic rings. The molecule has 128 valence electrons. The zero-order chi connectivity index (χ0) is 16.8. The average molecular weight is 346 g/mol. The predicted molar refractivity (Wildman–Crippen MR) is 94.4 cm³/mol. The number of nitrogens with one attached hydrogen (secondary N) is 1. The molecule has 1 N–H and O–H groups in total. The number of carbonyl (C=O) groups is 1. The number of benzene rings is 1. The molecule has 1 aromatic carbocycles. The summed E-state index contributed by atoms with van der Waals surface area (Å²) in [5, 5.41) is 3.06. The third-order valence-electron chi connectivity index (χ3n) is 4.17. The van der Waals surface area contributed by atoms with Crippen LogP contribution in [-0.4, -0.2) is 49.9 Å². The van der Waals surface area contributed by atoms with E-state index in [4.69, 9.17) is 9.15 Å². The molecular weight excluding hydrogens is 324 g/mol. The topological polar surface area (TPSA) is 54.7 Å². The minimum absolute atomic E-state index is 0.0225. The van der Waals surface area contributed by atoms with Crippen LogP contribution in [0.4, 0.5) is 0 Å². The molecule has 1 unspecified atom stereocenters. The SMILES string of the molecule is CSc1ccccc1C(=O)NCC(c1ccco1)N1CCOCC1. The number of furan rings is 1. The highest BCUT2D eigenvalue weighted by Gasteiger charge is 2.25. The second-order valence-corrected chi connectivity index (χ2v) is 6.44. The van der Waals surface area contributed by atoms with E-state index in [2.05, 4.69) is 10.2 Å². The van der Waals surface area contributed by atoms with Crippen molar-refractivity contribution in [2.75, 3.05) is 39.1 Å². The van der Waals surface area contributed by atoms with E-state index in [9.17, 15) is 4.79 Å². The fourth-order valence-corrected chi connectivity index (χ4v) is 3.49. The van der Waals surface area contributed by atoms with E-state index in [1.54, 1.807) is 18.0 Å². The quantitative estimate of drug-likeness (QED) is 0.815. The van der Waals surface area contributed by atoms with Crippen LogP contribution < -0.4 is 5.32 Å². The molecule has 2 aromatic rings. The van der Waals surface area contributed by atoms with Gasteiger partial charge in [-0.15, -0.1) is 11.8 Å². The predicted octanol–water partition coefficient (Wildman–Crippen LogP) is 2.80. The monoisotopic (exact) mass is 346 g/mol. The third-order valence-corrected chi connectivity index (χ3v) is 4.96. The normalized spacial score (nSPS) is 16.7. The summed E-state index contributed by atoms with van der Waals surface area (Å²) < 4.78 is 11.0. The van der Waals surface area contributed by atoms with Crippen LogP contribution in [0.25, 0.3) is 0 Å². The summed E-state index contributed by atoms with van der Waals surface area (Å²) in [5.74, 6) is 0.820. The molecule has 1 saturated heterocycles. The van der Waals surface area contributed by atoms with Crippen molar-refractivity contribution < 1.29 is 13.9 Å². The molecule has 1 aromatic heterocycles. The molecular formula is C18H22N2O3S. The lowest BCUT2D eigenvalue weighted by Crippen LogP contribution is -2.43. The Balaban J connectivity index is 1.70. The van der Waals surface area contributed by atoms with Crippen LogP contribution in [0.1, 0.15) is 22.2 Å². The summed E-state index contributed by atoms with van der Waals surface area (Å²) in [4.78, 5) is 15.9. The van der Waals surface area contributed by atoms with Crippen molar-refractivity contribution in [3.05, 3.63) is 54.0 Å². The summed E-state index contributed by atoms with van der Waals surface area (Å²) in [7, 11) is 0. The van der Waals surface area contributed by atoms with Gasteiger partial charge in [0.05, 0.1) is 31.1 Å². The first-order chi connectivity index (χ1) is 11.8. The first-order valence-corrected chi connectivity index (χ1v) is 9.28. The number of morpholine rings is 1. The summed E-state index contributed by atoms with van der Waals surface area (Å²) in [6.45, 7) is 3.60. The molecule has 0 bridgehead atoms. The maximum absolute atomic E-state index is 12.6. The van der Waals surface area contributed by atoms with Crippen molar-refractivity contribution in [3.63, 3.8) is 0 Å². The van der Waals surface area contributed by atoms with E-state index >= 15 is 0 Å². The van der Waals surface area contributed by atoms with Crippen LogP contribution in [0.3, 0.4) is 0 Å². The largest absolute Gasteiger partial charge is 0.468 e. The Kier molecular flexibility index (Phi) is 5.96. The van der Waals surface area contributed by atoms with Crippen molar-refractivity contribution in [2.24, 2.45) is 0 Å². The average Bonchev–Trinajstić information content (AvgIpc) is 3.17. The standard InChI is InChI=1S/C18H22N2O3S/c1-24-17-7-3-2-5-14(17)18(21)19-13-15(16-6-4-10-23-16)20-8-11-22-12-9-20/h2-7,10,15H,8-9,11-13H2,1H3,(H,19,21). The van der Waals surface area contributed by atoms with Crippen LogP contribution in [-0.2, 0) is 4.74 Å². The zero-order valence-corrected chi connectivity index (χ0v) is 14.6. The Hall–Kier alpha value is -1.76. The van der Waals surface area contributed by atoms with Gasteiger partial charge in [0.2, 0.25) is 0 Å². The number of amides is 1. The van der Waals surface area contributed by atoms with Crippen molar-refractivity contribution in [2.45, 2.75) is 10.9 Å². The summed E-state index contributed by atoms with van der Waals surface area (Å²) in [5.41, 5.74) is 0.713. The van der Waals surface area contributed by atoms with Gasteiger partial charge in [0.1, 0.15) is 5.76 Å². The van der Waals surface area contributed by atoms with Gasteiger partial charge in [-0.2, -0.15) is 0 Å². The molecule has 1 amide bonds. The Morgan fingerprint density at radius 1 is 1.25 bits per heavy atom. The molecule has 1 aliphatic heterocycles. The molecule has 3 rings (SSSR count). The van der Waals surface area contributed by atoms with Crippen molar-refractivity contribution >= 4 is 17.7 Å². The lowest BCUT2D eigenvalue weighted by atomic mass is 10.1. The number of hydrogen-bond donors (Lipinski definition) is 1. The van der Waals surface area contributed by atoms with Crippen LogP contribution in [0.2, 0.25) is 0 Å². The van der Waals surface area contributed by atoms with E-state index in [1.165, 1.54) is 0 Å². The van der Waals surface area contributed by atoms with Gasteiger partial charge in [-0.1, -0.05) is 12.1 Å². The van der Waals surface area contributed by atoms with Crippen LogP contribution in [0, 0.1) is 0 Å². The molecule has 2 heterocycles. The highest BCUT2D eigenvalue weighted by atomic mass is 32.2. The summed E-state index contributed by atoms with van der Waals surface area (Å²) in [6.07, 6.45) is 3.65. The fourth-order valence-electron chi connectivity index (χ4n) is 2.90. The molecule has 0 radical (unpaired) electrons. The lowest BCUT2D eigenvalue weighted by Gasteiger charge is -2.33. The number of rotatable bonds is 6. The molecule has 0 saturated carbocycles. The first kappa shape index (κ1) is 17.1.